The van der Waals surface area contributed by atoms with E-state index in [1.807, 2.05) is 0 Å². The van der Waals surface area contributed by atoms with Crippen molar-refractivity contribution >= 4 is 58.2 Å². The number of carbonyl (C=O) groups is 4. The summed E-state index contributed by atoms with van der Waals surface area (Å²) in [5.74, 6) is -2.73. The maximum Gasteiger partial charge on any atom is 0.419 e. The van der Waals surface area contributed by atoms with Gasteiger partial charge in [0.05, 0.1) is 23.5 Å². The lowest BCUT2D eigenvalue weighted by molar-refractivity contribution is -0.178. The molecular weight excluding hydrogens is 825 g/mol. The van der Waals surface area contributed by atoms with Crippen molar-refractivity contribution in [2.24, 2.45) is 17.6 Å². The van der Waals surface area contributed by atoms with Gasteiger partial charge in [0.15, 0.2) is 0 Å². The molecule has 0 aliphatic carbocycles. The first kappa shape index (κ1) is 45.6. The van der Waals surface area contributed by atoms with Crippen LogP contribution >= 0.6 is 28.3 Å². The second-order valence-electron chi connectivity index (χ2n) is 14.0. The number of amides is 3. The fraction of sp³-hybridized carbons (Fsp3) is 0.421. The average molecular weight is 870 g/mol. The Morgan fingerprint density at radius 3 is 2.20 bits per heavy atom. The van der Waals surface area contributed by atoms with Gasteiger partial charge in [-0.05, 0) is 68.7 Å². The minimum absolute atomic E-state index is 0. The zero-order valence-corrected chi connectivity index (χ0v) is 34.3. The highest BCUT2D eigenvalue weighted by Crippen LogP contribution is 2.36. The van der Waals surface area contributed by atoms with Gasteiger partial charge < -0.3 is 25.4 Å². The molecule has 304 valence electrons. The van der Waals surface area contributed by atoms with Crippen molar-refractivity contribution in [1.82, 2.24) is 19.4 Å². The molecule has 1 aromatic heterocycles. The van der Waals surface area contributed by atoms with Crippen LogP contribution in [0.5, 0.6) is 0 Å². The molecule has 4 atom stereocenters. The van der Waals surface area contributed by atoms with Gasteiger partial charge in [-0.15, -0.1) is 19.0 Å². The van der Waals surface area contributed by atoms with Gasteiger partial charge in [-0.2, -0.15) is 13.2 Å². The van der Waals surface area contributed by atoms with E-state index in [4.69, 9.17) is 20.2 Å². The summed E-state index contributed by atoms with van der Waals surface area (Å²) in [5.41, 5.74) is 5.20. The summed E-state index contributed by atoms with van der Waals surface area (Å²) in [6.45, 7) is 13.9. The highest BCUT2D eigenvalue weighted by molar-refractivity contribution is 9.10. The Labute approximate surface area is 336 Å². The summed E-state index contributed by atoms with van der Waals surface area (Å²) in [4.78, 5) is 73.2. The summed E-state index contributed by atoms with van der Waals surface area (Å²) >= 11 is 2.90. The van der Waals surface area contributed by atoms with E-state index in [1.165, 1.54) is 52.9 Å². The van der Waals surface area contributed by atoms with E-state index in [1.54, 1.807) is 47.6 Å². The Morgan fingerprint density at radius 1 is 1.04 bits per heavy atom. The summed E-state index contributed by atoms with van der Waals surface area (Å²) in [6, 6.07) is 7.17. The van der Waals surface area contributed by atoms with Gasteiger partial charge in [0.1, 0.15) is 6.04 Å². The van der Waals surface area contributed by atoms with Crippen LogP contribution in [0.3, 0.4) is 0 Å². The van der Waals surface area contributed by atoms with Crippen LogP contribution in [0.1, 0.15) is 79.1 Å². The maximum atomic E-state index is 14.2. The topological polar surface area (TPSA) is 166 Å². The predicted molar refractivity (Wildman–Crippen MR) is 209 cm³/mol. The Bertz CT molecular complexity index is 2030. The van der Waals surface area contributed by atoms with E-state index in [0.29, 0.717) is 11.3 Å². The van der Waals surface area contributed by atoms with Crippen LogP contribution in [0.2, 0.25) is 0 Å². The number of alkyl halides is 3. The molecule has 0 fully saturated rings. The number of nitrogens with zero attached hydrogens (tertiary/aromatic N) is 4. The van der Waals surface area contributed by atoms with Gasteiger partial charge in [0, 0.05) is 46.2 Å². The summed E-state index contributed by atoms with van der Waals surface area (Å²) in [6.07, 6.45) is -5.41. The highest BCUT2D eigenvalue weighted by atomic mass is 79.9. The molecule has 3 amide bonds. The number of halogens is 5. The second-order valence-corrected chi connectivity index (χ2v) is 14.8. The number of carbonyl (C=O) groups excluding carboxylic acids is 4. The number of esters is 1. The van der Waals surface area contributed by atoms with Crippen LogP contribution in [0.15, 0.2) is 64.4 Å². The van der Waals surface area contributed by atoms with Gasteiger partial charge in [-0.3, -0.25) is 19.2 Å². The standard InChI is InChI=1S/C38H44BrF3N6O7.ClH/c1-9-21(6)44-36-45-29-18-47(32(50)24-12-15-28(39)27(17-24)38(40,41)42)22(7)16-26(29)33(51)48(36)25-13-10-23(11-14-25)31(49)46(8)37(53)55-35(20(4)5)54-34(52)30(43)19(2)3;/h9-15,17,19-22,30,35H,1,16,18,43H2,2-8H3,(H,44,45);1H/t21-,22+,30-,35+;/m0./s1. The highest BCUT2D eigenvalue weighted by Gasteiger charge is 2.36. The second kappa shape index (κ2) is 18.5. The first-order chi connectivity index (χ1) is 25.7. The largest absolute Gasteiger partial charge is 0.424 e. The molecule has 0 saturated carbocycles. The summed E-state index contributed by atoms with van der Waals surface area (Å²) < 4.78 is 52.6. The van der Waals surface area contributed by atoms with E-state index < -0.39 is 65.5 Å². The van der Waals surface area contributed by atoms with Crippen LogP contribution in [0.4, 0.5) is 23.9 Å². The molecule has 0 bridgehead atoms. The summed E-state index contributed by atoms with van der Waals surface area (Å²) in [7, 11) is 1.20. The molecule has 2 aromatic carbocycles. The van der Waals surface area contributed by atoms with E-state index in [9.17, 15) is 37.1 Å². The van der Waals surface area contributed by atoms with Crippen LogP contribution in [-0.4, -0.2) is 74.7 Å². The van der Waals surface area contributed by atoms with Crippen molar-refractivity contribution in [1.29, 1.82) is 0 Å². The number of hydrogen-bond acceptors (Lipinski definition) is 10. The van der Waals surface area contributed by atoms with Crippen LogP contribution in [0.25, 0.3) is 5.69 Å². The third-order valence-corrected chi connectivity index (χ3v) is 9.73. The monoisotopic (exact) mass is 868 g/mol. The molecule has 13 nitrogen and oxygen atoms in total. The molecule has 1 aliphatic heterocycles. The third-order valence-electron chi connectivity index (χ3n) is 9.04. The summed E-state index contributed by atoms with van der Waals surface area (Å²) in [5, 5.41) is 3.11. The normalized spacial score (nSPS) is 15.5. The van der Waals surface area contributed by atoms with Gasteiger partial charge in [-0.25, -0.2) is 19.2 Å². The zero-order chi connectivity index (χ0) is 41.1. The lowest BCUT2D eigenvalue weighted by Crippen LogP contribution is -2.46. The fourth-order valence-electron chi connectivity index (χ4n) is 5.54. The van der Waals surface area contributed by atoms with Crippen molar-refractivity contribution in [2.75, 3.05) is 12.4 Å². The number of imide groups is 1. The first-order valence-corrected chi connectivity index (χ1v) is 18.2. The quantitative estimate of drug-likeness (QED) is 0.120. The zero-order valence-electron chi connectivity index (χ0n) is 31.8. The lowest BCUT2D eigenvalue weighted by atomic mass is 9.98. The lowest BCUT2D eigenvalue weighted by Gasteiger charge is -2.35. The van der Waals surface area contributed by atoms with Crippen molar-refractivity contribution in [3.63, 3.8) is 0 Å². The molecule has 4 rings (SSSR count). The number of fused-ring (bicyclic) bond motifs is 1. The number of nitrogens with one attached hydrogen (secondary N) is 1. The Kier molecular flexibility index (Phi) is 15.1. The minimum Gasteiger partial charge on any atom is -0.424 e. The van der Waals surface area contributed by atoms with E-state index in [2.05, 4.69) is 27.8 Å². The van der Waals surface area contributed by atoms with Crippen LogP contribution < -0.4 is 16.6 Å². The number of anilines is 1. The van der Waals surface area contributed by atoms with Crippen molar-refractivity contribution in [3.8, 4) is 5.69 Å². The van der Waals surface area contributed by atoms with E-state index in [-0.39, 0.29) is 64.6 Å². The molecule has 0 unspecified atom stereocenters. The fourth-order valence-corrected chi connectivity index (χ4v) is 6.01. The Balaban J connectivity index is 0.00000841. The number of nitrogens with two attached hydrogens (primary N) is 1. The van der Waals surface area contributed by atoms with Crippen molar-refractivity contribution in [3.05, 3.63) is 97.9 Å². The minimum atomic E-state index is -4.69. The smallest absolute Gasteiger partial charge is 0.419 e. The number of rotatable bonds is 11. The number of aromatic nitrogens is 2. The van der Waals surface area contributed by atoms with Crippen molar-refractivity contribution in [2.45, 2.75) is 85.1 Å². The number of hydrogen-bond donors (Lipinski definition) is 2. The molecule has 0 spiro atoms. The number of benzene rings is 2. The SMILES string of the molecule is C=C[C@H](C)Nc1nc2c(c(=O)n1-c1ccc(C(=O)N(C)C(=O)O[C@@H](OC(=O)[C@@H](N)C(C)C)C(C)C)cc1)C[C@@H](C)N(C(=O)c1ccc(Br)c(C(F)(F)F)c1)C2.Cl. The van der Waals surface area contributed by atoms with E-state index >= 15 is 0 Å². The average Bonchev–Trinajstić information content (AvgIpc) is 3.13. The molecule has 2 heterocycles. The van der Waals surface area contributed by atoms with Crippen LogP contribution in [-0.2, 0) is 33.4 Å². The van der Waals surface area contributed by atoms with Crippen LogP contribution in [0, 0.1) is 11.8 Å². The molecule has 56 heavy (non-hydrogen) atoms. The molecule has 1 aliphatic rings. The Morgan fingerprint density at radius 2 is 1.64 bits per heavy atom. The molecule has 18 heteroatoms. The first-order valence-electron chi connectivity index (χ1n) is 17.4. The van der Waals surface area contributed by atoms with Gasteiger partial charge in [0.25, 0.3) is 23.7 Å². The maximum absolute atomic E-state index is 14.2. The predicted octanol–water partition coefficient (Wildman–Crippen LogP) is 6.73. The van der Waals surface area contributed by atoms with E-state index in [0.717, 1.165) is 11.0 Å². The van der Waals surface area contributed by atoms with Gasteiger partial charge in [-0.1, -0.05) is 49.7 Å². The third kappa shape index (κ3) is 10.2. The van der Waals surface area contributed by atoms with Crippen molar-refractivity contribution < 1.29 is 41.8 Å². The number of ether oxygens (including phenoxy) is 2. The molecular formula is C38H45BrClF3N6O7. The Hall–Kier alpha value is -4.74. The molecule has 0 radical (unpaired) electrons. The molecule has 3 aromatic rings. The molecule has 3 N–H and O–H groups in total. The van der Waals surface area contributed by atoms with Gasteiger partial charge in [0.2, 0.25) is 5.95 Å². The van der Waals surface area contributed by atoms with Gasteiger partial charge >= 0.3 is 18.2 Å². The molecule has 0 saturated heterocycles.